The van der Waals surface area contributed by atoms with Crippen molar-refractivity contribution in [3.63, 3.8) is 0 Å². The summed E-state index contributed by atoms with van der Waals surface area (Å²) in [5.41, 5.74) is 6.94. The summed E-state index contributed by atoms with van der Waals surface area (Å²) in [6, 6.07) is 2.05. The standard InChI is InChI=1S/C10H12N4O2S2/c11-9-12-13-10(18-6-8(15)16)14(9)3-1-7-2-4-17-5-7/h2,4-5H,1,3,6H2,(H2,11,12)(H,15,16). The Kier molecular flexibility index (Phi) is 4.21. The van der Waals surface area contributed by atoms with Crippen molar-refractivity contribution >= 4 is 35.0 Å². The van der Waals surface area contributed by atoms with Crippen LogP contribution in [0.15, 0.2) is 22.0 Å². The zero-order valence-corrected chi connectivity index (χ0v) is 11.1. The van der Waals surface area contributed by atoms with Gasteiger partial charge >= 0.3 is 5.97 Å². The van der Waals surface area contributed by atoms with Gasteiger partial charge in [-0.2, -0.15) is 11.3 Å². The zero-order valence-electron chi connectivity index (χ0n) is 9.44. The summed E-state index contributed by atoms with van der Waals surface area (Å²) in [5.74, 6) is -0.611. The van der Waals surface area contributed by atoms with Gasteiger partial charge in [-0.05, 0) is 28.8 Å². The molecule has 2 rings (SSSR count). The fraction of sp³-hybridized carbons (Fsp3) is 0.300. The fourth-order valence-corrected chi connectivity index (χ4v) is 2.81. The van der Waals surface area contributed by atoms with Gasteiger partial charge in [0.1, 0.15) is 0 Å². The van der Waals surface area contributed by atoms with E-state index < -0.39 is 5.97 Å². The first-order valence-electron chi connectivity index (χ1n) is 5.21. The maximum Gasteiger partial charge on any atom is 0.313 e. The van der Waals surface area contributed by atoms with Crippen molar-refractivity contribution in [2.45, 2.75) is 18.1 Å². The first-order chi connectivity index (χ1) is 8.66. The number of carbonyl (C=O) groups is 1. The van der Waals surface area contributed by atoms with Crippen molar-refractivity contribution in [1.82, 2.24) is 14.8 Å². The Labute approximate surface area is 112 Å². The summed E-state index contributed by atoms with van der Waals surface area (Å²) >= 11 is 2.77. The molecule has 0 aliphatic rings. The highest BCUT2D eigenvalue weighted by atomic mass is 32.2. The van der Waals surface area contributed by atoms with Crippen molar-refractivity contribution < 1.29 is 9.90 Å². The number of aliphatic carboxylic acids is 1. The van der Waals surface area contributed by atoms with Crippen LogP contribution in [0.1, 0.15) is 5.56 Å². The molecule has 0 atom stereocenters. The Morgan fingerprint density at radius 3 is 3.06 bits per heavy atom. The van der Waals surface area contributed by atoms with Gasteiger partial charge < -0.3 is 10.8 Å². The summed E-state index contributed by atoms with van der Waals surface area (Å²) < 4.78 is 1.74. The van der Waals surface area contributed by atoms with Gasteiger partial charge in [0, 0.05) is 6.54 Å². The maximum atomic E-state index is 10.5. The van der Waals surface area contributed by atoms with Crippen LogP contribution in [0.2, 0.25) is 0 Å². The number of aromatic nitrogens is 3. The van der Waals surface area contributed by atoms with E-state index in [0.717, 1.165) is 18.2 Å². The lowest BCUT2D eigenvalue weighted by atomic mass is 10.2. The molecule has 0 aliphatic heterocycles. The molecule has 96 valence electrons. The number of aryl methyl sites for hydroxylation is 1. The van der Waals surface area contributed by atoms with Crippen LogP contribution in [0.5, 0.6) is 0 Å². The summed E-state index contributed by atoms with van der Waals surface area (Å²) in [4.78, 5) is 10.5. The van der Waals surface area contributed by atoms with E-state index >= 15 is 0 Å². The van der Waals surface area contributed by atoms with Crippen molar-refractivity contribution in [3.05, 3.63) is 22.4 Å². The van der Waals surface area contributed by atoms with E-state index in [4.69, 9.17) is 10.8 Å². The molecule has 0 aliphatic carbocycles. The minimum Gasteiger partial charge on any atom is -0.481 e. The second-order valence-corrected chi connectivity index (χ2v) is 5.28. The molecule has 0 amide bonds. The number of rotatable bonds is 6. The highest BCUT2D eigenvalue weighted by Crippen LogP contribution is 2.19. The Morgan fingerprint density at radius 1 is 1.56 bits per heavy atom. The van der Waals surface area contributed by atoms with Crippen molar-refractivity contribution in [2.75, 3.05) is 11.5 Å². The van der Waals surface area contributed by atoms with Crippen LogP contribution in [0.3, 0.4) is 0 Å². The van der Waals surface area contributed by atoms with Gasteiger partial charge in [0.15, 0.2) is 5.16 Å². The van der Waals surface area contributed by atoms with Crippen LogP contribution in [0, 0.1) is 0 Å². The Morgan fingerprint density at radius 2 is 2.39 bits per heavy atom. The molecule has 0 bridgehead atoms. The third-order valence-electron chi connectivity index (χ3n) is 2.27. The molecule has 0 spiro atoms. The number of carboxylic acids is 1. The third kappa shape index (κ3) is 3.23. The average molecular weight is 284 g/mol. The van der Waals surface area contributed by atoms with Crippen LogP contribution in [-0.4, -0.2) is 31.6 Å². The van der Waals surface area contributed by atoms with Crippen LogP contribution >= 0.6 is 23.1 Å². The second-order valence-electron chi connectivity index (χ2n) is 3.56. The van der Waals surface area contributed by atoms with E-state index in [1.807, 2.05) is 5.38 Å². The summed E-state index contributed by atoms with van der Waals surface area (Å²) in [5, 5.41) is 20.9. The Balaban J connectivity index is 2.02. The van der Waals surface area contributed by atoms with Crippen LogP contribution in [0.4, 0.5) is 5.95 Å². The van der Waals surface area contributed by atoms with Crippen molar-refractivity contribution in [3.8, 4) is 0 Å². The zero-order chi connectivity index (χ0) is 13.0. The minimum atomic E-state index is -0.883. The number of carboxylic acid groups (broad SMARTS) is 1. The number of nitrogens with zero attached hydrogens (tertiary/aromatic N) is 3. The Bertz CT molecular complexity index is 524. The molecule has 0 aromatic carbocycles. The van der Waals surface area contributed by atoms with Gasteiger partial charge in [0.05, 0.1) is 5.75 Å². The maximum absolute atomic E-state index is 10.5. The lowest BCUT2D eigenvalue weighted by Crippen LogP contribution is -2.08. The molecule has 2 aromatic rings. The molecular weight excluding hydrogens is 272 g/mol. The van der Waals surface area contributed by atoms with Crippen LogP contribution in [0.25, 0.3) is 0 Å². The van der Waals surface area contributed by atoms with Crippen molar-refractivity contribution in [2.24, 2.45) is 0 Å². The molecule has 0 unspecified atom stereocenters. The van der Waals surface area contributed by atoms with Gasteiger partial charge in [-0.1, -0.05) is 11.8 Å². The lowest BCUT2D eigenvalue weighted by molar-refractivity contribution is -0.133. The quantitative estimate of drug-likeness (QED) is 0.777. The van der Waals surface area contributed by atoms with Crippen molar-refractivity contribution in [1.29, 1.82) is 0 Å². The highest BCUT2D eigenvalue weighted by molar-refractivity contribution is 7.99. The molecule has 6 nitrogen and oxygen atoms in total. The van der Waals surface area contributed by atoms with E-state index in [9.17, 15) is 4.79 Å². The topological polar surface area (TPSA) is 94.0 Å². The number of thiophene rings is 1. The normalized spacial score (nSPS) is 10.7. The molecular formula is C10H12N4O2S2. The van der Waals surface area contributed by atoms with Gasteiger partial charge in [0.25, 0.3) is 0 Å². The van der Waals surface area contributed by atoms with Gasteiger partial charge in [-0.3, -0.25) is 9.36 Å². The van der Waals surface area contributed by atoms with E-state index in [-0.39, 0.29) is 5.75 Å². The number of nitrogens with two attached hydrogens (primary N) is 1. The van der Waals surface area contributed by atoms with Crippen LogP contribution < -0.4 is 5.73 Å². The van der Waals surface area contributed by atoms with Gasteiger partial charge in [-0.25, -0.2) is 0 Å². The van der Waals surface area contributed by atoms with E-state index in [0.29, 0.717) is 17.6 Å². The molecule has 0 saturated carbocycles. The lowest BCUT2D eigenvalue weighted by Gasteiger charge is -2.06. The van der Waals surface area contributed by atoms with Crippen LogP contribution in [-0.2, 0) is 17.8 Å². The molecule has 18 heavy (non-hydrogen) atoms. The second kappa shape index (κ2) is 5.87. The predicted octanol–water partition coefficient (Wildman–Crippen LogP) is 1.34. The monoisotopic (exact) mass is 284 g/mol. The highest BCUT2D eigenvalue weighted by Gasteiger charge is 2.11. The minimum absolute atomic E-state index is 0.0451. The molecule has 2 aromatic heterocycles. The smallest absolute Gasteiger partial charge is 0.313 e. The number of hydrogen-bond acceptors (Lipinski definition) is 6. The molecule has 2 heterocycles. The number of hydrogen-bond donors (Lipinski definition) is 2. The predicted molar refractivity (Wildman–Crippen MR) is 70.8 cm³/mol. The Hall–Kier alpha value is -1.54. The summed E-state index contributed by atoms with van der Waals surface area (Å²) in [6.07, 6.45) is 0.826. The van der Waals surface area contributed by atoms with E-state index in [1.165, 1.54) is 5.56 Å². The SMILES string of the molecule is Nc1nnc(SCC(=O)O)n1CCc1ccsc1. The average Bonchev–Trinajstić information content (AvgIpc) is 2.94. The first kappa shape index (κ1) is 12.9. The number of thioether (sulfide) groups is 1. The first-order valence-corrected chi connectivity index (χ1v) is 7.14. The number of nitrogen functional groups attached to an aromatic ring is 1. The summed E-state index contributed by atoms with van der Waals surface area (Å²) in [6.45, 7) is 0.650. The fourth-order valence-electron chi connectivity index (χ4n) is 1.42. The van der Waals surface area contributed by atoms with Gasteiger partial charge in [0.2, 0.25) is 5.95 Å². The van der Waals surface area contributed by atoms with Gasteiger partial charge in [-0.15, -0.1) is 10.2 Å². The molecule has 0 saturated heterocycles. The molecule has 3 N–H and O–H groups in total. The molecule has 0 radical (unpaired) electrons. The molecule has 0 fully saturated rings. The number of anilines is 1. The van der Waals surface area contributed by atoms with E-state index in [2.05, 4.69) is 21.6 Å². The summed E-state index contributed by atoms with van der Waals surface area (Å²) in [7, 11) is 0. The molecule has 8 heteroatoms. The third-order valence-corrected chi connectivity index (χ3v) is 3.96. The van der Waals surface area contributed by atoms with E-state index in [1.54, 1.807) is 15.9 Å². The largest absolute Gasteiger partial charge is 0.481 e.